The Bertz CT molecular complexity index is 266. The van der Waals surface area contributed by atoms with Crippen molar-refractivity contribution in [3.8, 4) is 0 Å². The average Bonchev–Trinajstić information content (AvgIpc) is 2.14. The van der Waals surface area contributed by atoms with Crippen molar-refractivity contribution >= 4 is 5.95 Å². The number of hydrogen-bond acceptors (Lipinski definition) is 5. The van der Waals surface area contributed by atoms with Crippen molar-refractivity contribution in [2.45, 2.75) is 26.4 Å². The van der Waals surface area contributed by atoms with Crippen molar-refractivity contribution in [1.29, 1.82) is 0 Å². The third kappa shape index (κ3) is 2.62. The van der Waals surface area contributed by atoms with Crippen molar-refractivity contribution in [2.75, 3.05) is 12.3 Å². The Balaban J connectivity index is 2.78. The standard InChI is InChI=1S/C8H14N4O/c1-3-6(13-4-2)7-10-5-11-8(9)12-7/h5-6H,3-4H2,1-2H3,(H2,9,10,11,12). The van der Waals surface area contributed by atoms with Gasteiger partial charge in [-0.25, -0.2) is 9.97 Å². The van der Waals surface area contributed by atoms with Crippen LogP contribution >= 0.6 is 0 Å². The van der Waals surface area contributed by atoms with Gasteiger partial charge < -0.3 is 10.5 Å². The molecule has 0 saturated carbocycles. The van der Waals surface area contributed by atoms with E-state index in [2.05, 4.69) is 15.0 Å². The molecule has 5 heteroatoms. The fourth-order valence-corrected chi connectivity index (χ4v) is 1.05. The van der Waals surface area contributed by atoms with Gasteiger partial charge in [0.1, 0.15) is 12.4 Å². The highest BCUT2D eigenvalue weighted by molar-refractivity contribution is 5.13. The first-order valence-electron chi connectivity index (χ1n) is 4.34. The van der Waals surface area contributed by atoms with E-state index in [4.69, 9.17) is 10.5 Å². The van der Waals surface area contributed by atoms with Gasteiger partial charge in [0.05, 0.1) is 0 Å². The molecule has 1 unspecified atom stereocenters. The van der Waals surface area contributed by atoms with Crippen LogP contribution in [0.4, 0.5) is 5.95 Å². The molecule has 0 aromatic carbocycles. The average molecular weight is 182 g/mol. The van der Waals surface area contributed by atoms with Gasteiger partial charge in [0.25, 0.3) is 0 Å². The van der Waals surface area contributed by atoms with Crippen LogP contribution in [-0.2, 0) is 4.74 Å². The summed E-state index contributed by atoms with van der Waals surface area (Å²) in [4.78, 5) is 11.7. The van der Waals surface area contributed by atoms with E-state index in [0.717, 1.165) is 6.42 Å². The zero-order valence-corrected chi connectivity index (χ0v) is 7.90. The highest BCUT2D eigenvalue weighted by Gasteiger charge is 2.12. The summed E-state index contributed by atoms with van der Waals surface area (Å²) < 4.78 is 5.42. The lowest BCUT2D eigenvalue weighted by Gasteiger charge is -2.12. The topological polar surface area (TPSA) is 73.9 Å². The first kappa shape index (κ1) is 9.85. The highest BCUT2D eigenvalue weighted by atomic mass is 16.5. The summed E-state index contributed by atoms with van der Waals surface area (Å²) in [5, 5.41) is 0. The van der Waals surface area contributed by atoms with Gasteiger partial charge in [-0.2, -0.15) is 4.98 Å². The minimum atomic E-state index is -0.0738. The van der Waals surface area contributed by atoms with Crippen molar-refractivity contribution in [1.82, 2.24) is 15.0 Å². The molecule has 72 valence electrons. The van der Waals surface area contributed by atoms with Crippen LogP contribution in [0.25, 0.3) is 0 Å². The van der Waals surface area contributed by atoms with Crippen LogP contribution in [0.5, 0.6) is 0 Å². The fourth-order valence-electron chi connectivity index (χ4n) is 1.05. The lowest BCUT2D eigenvalue weighted by Crippen LogP contribution is -2.09. The number of anilines is 1. The van der Waals surface area contributed by atoms with Crippen molar-refractivity contribution in [2.24, 2.45) is 0 Å². The molecule has 0 saturated heterocycles. The Hall–Kier alpha value is -1.23. The molecule has 0 bridgehead atoms. The lowest BCUT2D eigenvalue weighted by atomic mass is 10.2. The third-order valence-electron chi connectivity index (χ3n) is 1.64. The van der Waals surface area contributed by atoms with E-state index < -0.39 is 0 Å². The number of nitrogen functional groups attached to an aromatic ring is 1. The monoisotopic (exact) mass is 182 g/mol. The number of nitrogens with two attached hydrogens (primary N) is 1. The predicted octanol–water partition coefficient (Wildman–Crippen LogP) is 0.941. The molecule has 5 nitrogen and oxygen atoms in total. The molecule has 13 heavy (non-hydrogen) atoms. The van der Waals surface area contributed by atoms with Gasteiger partial charge >= 0.3 is 0 Å². The third-order valence-corrected chi connectivity index (χ3v) is 1.64. The molecular weight excluding hydrogens is 168 g/mol. The van der Waals surface area contributed by atoms with Gasteiger partial charge in [0.2, 0.25) is 5.95 Å². The molecule has 1 rings (SSSR count). The van der Waals surface area contributed by atoms with Gasteiger partial charge in [0, 0.05) is 6.61 Å². The maximum Gasteiger partial charge on any atom is 0.223 e. The summed E-state index contributed by atoms with van der Waals surface area (Å²) in [7, 11) is 0. The van der Waals surface area contributed by atoms with E-state index in [-0.39, 0.29) is 12.1 Å². The molecule has 0 fully saturated rings. The second kappa shape index (κ2) is 4.71. The smallest absolute Gasteiger partial charge is 0.223 e. The van der Waals surface area contributed by atoms with Crippen LogP contribution in [-0.4, -0.2) is 21.6 Å². The number of nitrogens with zero attached hydrogens (tertiary/aromatic N) is 3. The summed E-state index contributed by atoms with van der Waals surface area (Å²) in [6, 6.07) is 0. The normalized spacial score (nSPS) is 12.8. The molecule has 0 aliphatic heterocycles. The SMILES string of the molecule is CCOC(CC)c1ncnc(N)n1. The van der Waals surface area contributed by atoms with Gasteiger partial charge in [-0.3, -0.25) is 0 Å². The molecule has 0 radical (unpaired) electrons. The van der Waals surface area contributed by atoms with Crippen LogP contribution in [0, 0.1) is 0 Å². The molecule has 1 atom stereocenters. The zero-order chi connectivity index (χ0) is 9.68. The van der Waals surface area contributed by atoms with Crippen molar-refractivity contribution in [3.63, 3.8) is 0 Å². The Morgan fingerprint density at radius 3 is 2.77 bits per heavy atom. The lowest BCUT2D eigenvalue weighted by molar-refractivity contribution is 0.0534. The number of ether oxygens (including phenoxy) is 1. The minimum Gasteiger partial charge on any atom is -0.371 e. The second-order valence-electron chi connectivity index (χ2n) is 2.55. The largest absolute Gasteiger partial charge is 0.371 e. The minimum absolute atomic E-state index is 0.0738. The molecular formula is C8H14N4O. The fraction of sp³-hybridized carbons (Fsp3) is 0.625. The van der Waals surface area contributed by atoms with E-state index in [1.54, 1.807) is 0 Å². The number of hydrogen-bond donors (Lipinski definition) is 1. The quantitative estimate of drug-likeness (QED) is 0.750. The highest BCUT2D eigenvalue weighted by Crippen LogP contribution is 2.16. The van der Waals surface area contributed by atoms with Crippen LogP contribution in [0.1, 0.15) is 32.2 Å². The molecule has 0 amide bonds. The first-order valence-corrected chi connectivity index (χ1v) is 4.34. The zero-order valence-electron chi connectivity index (χ0n) is 7.90. The maximum absolute atomic E-state index is 5.43. The molecule has 1 aromatic heterocycles. The molecule has 0 spiro atoms. The van der Waals surface area contributed by atoms with E-state index in [1.165, 1.54) is 6.33 Å². The van der Waals surface area contributed by atoms with Crippen LogP contribution in [0.2, 0.25) is 0 Å². The predicted molar refractivity (Wildman–Crippen MR) is 48.9 cm³/mol. The number of rotatable bonds is 4. The molecule has 0 aliphatic rings. The Labute approximate surface area is 77.4 Å². The van der Waals surface area contributed by atoms with E-state index >= 15 is 0 Å². The maximum atomic E-state index is 5.43. The Morgan fingerprint density at radius 1 is 1.46 bits per heavy atom. The molecule has 2 N–H and O–H groups in total. The summed E-state index contributed by atoms with van der Waals surface area (Å²) >= 11 is 0. The second-order valence-corrected chi connectivity index (χ2v) is 2.55. The van der Waals surface area contributed by atoms with Crippen molar-refractivity contribution < 1.29 is 4.74 Å². The van der Waals surface area contributed by atoms with Gasteiger partial charge in [-0.1, -0.05) is 6.92 Å². The van der Waals surface area contributed by atoms with E-state index in [0.29, 0.717) is 12.4 Å². The summed E-state index contributed by atoms with van der Waals surface area (Å²) in [6.45, 7) is 4.59. The van der Waals surface area contributed by atoms with Crippen LogP contribution < -0.4 is 5.73 Å². The van der Waals surface area contributed by atoms with Gasteiger partial charge in [0.15, 0.2) is 5.82 Å². The summed E-state index contributed by atoms with van der Waals surface area (Å²) in [5.74, 6) is 0.847. The first-order chi connectivity index (χ1) is 6.27. The van der Waals surface area contributed by atoms with Crippen LogP contribution in [0.3, 0.4) is 0 Å². The van der Waals surface area contributed by atoms with Gasteiger partial charge in [-0.05, 0) is 13.3 Å². The van der Waals surface area contributed by atoms with Gasteiger partial charge in [-0.15, -0.1) is 0 Å². The molecule has 1 heterocycles. The van der Waals surface area contributed by atoms with E-state index in [1.807, 2.05) is 13.8 Å². The number of aromatic nitrogens is 3. The Morgan fingerprint density at radius 2 is 2.23 bits per heavy atom. The van der Waals surface area contributed by atoms with Crippen LogP contribution in [0.15, 0.2) is 6.33 Å². The molecule has 1 aromatic rings. The van der Waals surface area contributed by atoms with E-state index in [9.17, 15) is 0 Å². The Kier molecular flexibility index (Phi) is 3.57. The molecule has 0 aliphatic carbocycles. The summed E-state index contributed by atoms with van der Waals surface area (Å²) in [5.41, 5.74) is 5.43. The summed E-state index contributed by atoms with van der Waals surface area (Å²) in [6.07, 6.45) is 2.16. The van der Waals surface area contributed by atoms with Crippen molar-refractivity contribution in [3.05, 3.63) is 12.2 Å².